The van der Waals surface area contributed by atoms with E-state index in [2.05, 4.69) is 5.32 Å². The third-order valence-electron chi connectivity index (χ3n) is 3.49. The number of unbranched alkanes of at least 4 members (excludes halogenated alkanes) is 1. The molecule has 1 rings (SSSR count). The molecule has 0 atom stereocenters. The molecular weight excluding hydrogens is 350 g/mol. The van der Waals surface area contributed by atoms with Crippen LogP contribution in [0.1, 0.15) is 37.3 Å². The van der Waals surface area contributed by atoms with Crippen molar-refractivity contribution in [3.63, 3.8) is 0 Å². The van der Waals surface area contributed by atoms with Gasteiger partial charge in [0.15, 0.2) is 0 Å². The number of alkyl halides is 6. The summed E-state index contributed by atoms with van der Waals surface area (Å²) in [6.07, 6.45) is -8.01. The minimum atomic E-state index is -4.94. The number of anilines is 1. The fourth-order valence-corrected chi connectivity index (χ4v) is 2.08. The van der Waals surface area contributed by atoms with E-state index in [0.717, 1.165) is 19.4 Å². The standard InChI is InChI=1S/C16H20F6N2O/c1-3-4-6-24(2)7-5-14(25)23-13-9-11(15(17,18)19)8-12(10-13)16(20,21)22/h8-10H,3-7H2,1-2H3,(H,23,25). The highest BCUT2D eigenvalue weighted by molar-refractivity contribution is 5.91. The first kappa shape index (κ1) is 21.3. The molecule has 142 valence electrons. The van der Waals surface area contributed by atoms with E-state index in [0.29, 0.717) is 18.7 Å². The van der Waals surface area contributed by atoms with Crippen LogP contribution in [-0.4, -0.2) is 30.9 Å². The third-order valence-corrected chi connectivity index (χ3v) is 3.49. The van der Waals surface area contributed by atoms with Gasteiger partial charge < -0.3 is 10.2 Å². The maximum Gasteiger partial charge on any atom is 0.416 e. The van der Waals surface area contributed by atoms with Crippen molar-refractivity contribution in [2.24, 2.45) is 0 Å². The number of carbonyl (C=O) groups is 1. The lowest BCUT2D eigenvalue weighted by molar-refractivity contribution is -0.143. The highest BCUT2D eigenvalue weighted by Crippen LogP contribution is 2.37. The average Bonchev–Trinajstić information content (AvgIpc) is 2.49. The highest BCUT2D eigenvalue weighted by Gasteiger charge is 2.37. The molecule has 0 heterocycles. The molecule has 0 radical (unpaired) electrons. The Balaban J connectivity index is 2.85. The number of nitrogens with one attached hydrogen (secondary N) is 1. The SMILES string of the molecule is CCCCN(C)CCC(=O)Nc1cc(C(F)(F)F)cc(C(F)(F)F)c1. The molecule has 0 saturated heterocycles. The van der Waals surface area contributed by atoms with Gasteiger partial charge in [-0.15, -0.1) is 0 Å². The van der Waals surface area contributed by atoms with Crippen LogP contribution in [0.3, 0.4) is 0 Å². The summed E-state index contributed by atoms with van der Waals surface area (Å²) in [7, 11) is 1.79. The van der Waals surface area contributed by atoms with Gasteiger partial charge in [0.05, 0.1) is 11.1 Å². The fraction of sp³-hybridized carbons (Fsp3) is 0.562. The van der Waals surface area contributed by atoms with Crippen LogP contribution in [0.25, 0.3) is 0 Å². The number of hydrogen-bond acceptors (Lipinski definition) is 2. The predicted octanol–water partition coefficient (Wildman–Crippen LogP) is 4.78. The van der Waals surface area contributed by atoms with Gasteiger partial charge in [0, 0.05) is 18.7 Å². The minimum Gasteiger partial charge on any atom is -0.326 e. The lowest BCUT2D eigenvalue weighted by atomic mass is 10.1. The first-order valence-corrected chi connectivity index (χ1v) is 7.71. The van der Waals surface area contributed by atoms with Crippen LogP contribution in [-0.2, 0) is 17.1 Å². The first-order valence-electron chi connectivity index (χ1n) is 7.71. The molecule has 1 aromatic rings. The minimum absolute atomic E-state index is 0.0220. The van der Waals surface area contributed by atoms with Crippen LogP contribution in [0.2, 0.25) is 0 Å². The molecule has 0 bridgehead atoms. The number of hydrogen-bond donors (Lipinski definition) is 1. The van der Waals surface area contributed by atoms with Gasteiger partial charge in [-0.1, -0.05) is 13.3 Å². The molecule has 3 nitrogen and oxygen atoms in total. The summed E-state index contributed by atoms with van der Waals surface area (Å²) in [5, 5.41) is 2.11. The lowest BCUT2D eigenvalue weighted by Crippen LogP contribution is -2.25. The van der Waals surface area contributed by atoms with E-state index in [4.69, 9.17) is 0 Å². The third kappa shape index (κ3) is 7.33. The van der Waals surface area contributed by atoms with Crippen molar-refractivity contribution >= 4 is 11.6 Å². The molecule has 25 heavy (non-hydrogen) atoms. The van der Waals surface area contributed by atoms with Crippen molar-refractivity contribution in [2.75, 3.05) is 25.5 Å². The Morgan fingerprint density at radius 3 is 1.96 bits per heavy atom. The highest BCUT2D eigenvalue weighted by atomic mass is 19.4. The Bertz CT molecular complexity index is 551. The zero-order valence-electron chi connectivity index (χ0n) is 13.9. The second kappa shape index (κ2) is 8.55. The Morgan fingerprint density at radius 1 is 1.00 bits per heavy atom. The van der Waals surface area contributed by atoms with Gasteiger partial charge in [-0.25, -0.2) is 0 Å². The molecule has 0 aliphatic carbocycles. The molecule has 0 fully saturated rings. The summed E-state index contributed by atoms with van der Waals surface area (Å²) in [6.45, 7) is 3.12. The van der Waals surface area contributed by atoms with Crippen molar-refractivity contribution in [1.82, 2.24) is 4.90 Å². The molecule has 1 amide bonds. The van der Waals surface area contributed by atoms with Gasteiger partial charge >= 0.3 is 12.4 Å². The maximum atomic E-state index is 12.8. The molecule has 0 aromatic heterocycles. The second-order valence-corrected chi connectivity index (χ2v) is 5.75. The maximum absolute atomic E-state index is 12.8. The van der Waals surface area contributed by atoms with E-state index >= 15 is 0 Å². The Kier molecular flexibility index (Phi) is 7.28. The van der Waals surface area contributed by atoms with Crippen LogP contribution in [0, 0.1) is 0 Å². The lowest BCUT2D eigenvalue weighted by Gasteiger charge is -2.17. The van der Waals surface area contributed by atoms with Gasteiger partial charge in [-0.3, -0.25) is 4.79 Å². The first-order chi connectivity index (χ1) is 11.4. The zero-order chi connectivity index (χ0) is 19.3. The van der Waals surface area contributed by atoms with Gasteiger partial charge in [-0.2, -0.15) is 26.3 Å². The van der Waals surface area contributed by atoms with Crippen LogP contribution >= 0.6 is 0 Å². The van der Waals surface area contributed by atoms with Crippen LogP contribution in [0.15, 0.2) is 18.2 Å². The smallest absolute Gasteiger partial charge is 0.326 e. The Labute approximate surface area is 142 Å². The number of carbonyl (C=O) groups excluding carboxylic acids is 1. The van der Waals surface area contributed by atoms with Crippen molar-refractivity contribution in [1.29, 1.82) is 0 Å². The van der Waals surface area contributed by atoms with E-state index in [1.807, 2.05) is 11.8 Å². The van der Waals surface area contributed by atoms with Gasteiger partial charge in [-0.05, 0) is 38.2 Å². The molecule has 1 N–H and O–H groups in total. The zero-order valence-corrected chi connectivity index (χ0v) is 13.9. The van der Waals surface area contributed by atoms with E-state index in [1.54, 1.807) is 7.05 Å². The molecule has 0 unspecified atom stereocenters. The largest absolute Gasteiger partial charge is 0.416 e. The summed E-state index contributed by atoms with van der Waals surface area (Å²) in [5.74, 6) is -0.643. The predicted molar refractivity (Wildman–Crippen MR) is 82.1 cm³/mol. The normalized spacial score (nSPS) is 12.5. The number of rotatable bonds is 7. The summed E-state index contributed by atoms with van der Waals surface area (Å²) < 4.78 is 76.6. The summed E-state index contributed by atoms with van der Waals surface area (Å²) in [4.78, 5) is 13.7. The van der Waals surface area contributed by atoms with E-state index < -0.39 is 35.1 Å². The number of halogens is 6. The van der Waals surface area contributed by atoms with E-state index in [1.165, 1.54) is 0 Å². The molecule has 0 aliphatic heterocycles. The van der Waals surface area contributed by atoms with Gasteiger partial charge in [0.25, 0.3) is 0 Å². The quantitative estimate of drug-likeness (QED) is 0.701. The monoisotopic (exact) mass is 370 g/mol. The summed E-state index contributed by atoms with van der Waals surface area (Å²) >= 11 is 0. The summed E-state index contributed by atoms with van der Waals surface area (Å²) in [5.41, 5.74) is -3.45. The van der Waals surface area contributed by atoms with Crippen LogP contribution in [0.4, 0.5) is 32.0 Å². The number of amides is 1. The second-order valence-electron chi connectivity index (χ2n) is 5.75. The van der Waals surface area contributed by atoms with Gasteiger partial charge in [0.2, 0.25) is 5.91 Å². The van der Waals surface area contributed by atoms with Crippen molar-refractivity contribution < 1.29 is 31.1 Å². The fourth-order valence-electron chi connectivity index (χ4n) is 2.08. The van der Waals surface area contributed by atoms with Gasteiger partial charge in [0.1, 0.15) is 0 Å². The van der Waals surface area contributed by atoms with Crippen molar-refractivity contribution in [3.8, 4) is 0 Å². The van der Waals surface area contributed by atoms with E-state index in [-0.39, 0.29) is 12.5 Å². The molecule has 9 heteroatoms. The van der Waals surface area contributed by atoms with Crippen molar-refractivity contribution in [3.05, 3.63) is 29.3 Å². The average molecular weight is 370 g/mol. The van der Waals surface area contributed by atoms with Crippen LogP contribution < -0.4 is 5.32 Å². The Hall–Kier alpha value is -1.77. The molecule has 1 aromatic carbocycles. The Morgan fingerprint density at radius 2 is 1.52 bits per heavy atom. The number of benzene rings is 1. The van der Waals surface area contributed by atoms with Crippen LogP contribution in [0.5, 0.6) is 0 Å². The van der Waals surface area contributed by atoms with Crippen molar-refractivity contribution in [2.45, 2.75) is 38.5 Å². The molecule has 0 spiro atoms. The van der Waals surface area contributed by atoms with E-state index in [9.17, 15) is 31.1 Å². The number of nitrogens with zero attached hydrogens (tertiary/aromatic N) is 1. The topological polar surface area (TPSA) is 32.3 Å². The summed E-state index contributed by atoms with van der Waals surface area (Å²) in [6, 6.07) is 1.01. The molecule has 0 saturated carbocycles. The molecular formula is C16H20F6N2O. The molecule has 0 aliphatic rings.